The predicted octanol–water partition coefficient (Wildman–Crippen LogP) is 3.07. The van der Waals surface area contributed by atoms with Gasteiger partial charge in [0, 0.05) is 0 Å². The molecule has 0 aromatic heterocycles. The Labute approximate surface area is 121 Å². The van der Waals surface area contributed by atoms with Crippen LogP contribution in [0.3, 0.4) is 0 Å². The van der Waals surface area contributed by atoms with Gasteiger partial charge in [-0.1, -0.05) is 44.2 Å². The molecule has 2 N–H and O–H groups in total. The Hall–Kier alpha value is -1.35. The van der Waals surface area contributed by atoms with E-state index in [1.54, 1.807) is 0 Å². The van der Waals surface area contributed by atoms with Crippen LogP contribution in [-0.4, -0.2) is 18.1 Å². The zero-order valence-electron chi connectivity index (χ0n) is 12.5. The number of nitrogens with two attached hydrogens (primary N) is 1. The minimum absolute atomic E-state index is 0.0531. The second-order valence-electron chi connectivity index (χ2n) is 6.60. The number of benzene rings is 1. The molecule has 110 valence electrons. The largest absolute Gasteiger partial charge is 0.461 e. The second kappa shape index (κ2) is 6.40. The third-order valence-electron chi connectivity index (χ3n) is 4.17. The quantitative estimate of drug-likeness (QED) is 0.859. The Bertz CT molecular complexity index is 432. The second-order valence-corrected chi connectivity index (χ2v) is 6.60. The minimum Gasteiger partial charge on any atom is -0.461 e. The molecule has 1 aromatic carbocycles. The minimum atomic E-state index is -0.563. The highest BCUT2D eigenvalue weighted by Gasteiger charge is 2.29. The molecule has 1 atom stereocenters. The fourth-order valence-corrected chi connectivity index (χ4v) is 2.69. The summed E-state index contributed by atoms with van der Waals surface area (Å²) in [7, 11) is 0. The Morgan fingerprint density at radius 2 is 1.90 bits per heavy atom. The zero-order valence-corrected chi connectivity index (χ0v) is 12.5. The normalized spacial score (nSPS) is 20.4. The van der Waals surface area contributed by atoms with Crippen molar-refractivity contribution in [3.8, 4) is 0 Å². The Balaban J connectivity index is 1.80. The van der Waals surface area contributed by atoms with Crippen LogP contribution < -0.4 is 5.73 Å². The summed E-state index contributed by atoms with van der Waals surface area (Å²) in [6.07, 6.45) is 4.72. The van der Waals surface area contributed by atoms with Gasteiger partial charge in [-0.15, -0.1) is 0 Å². The van der Waals surface area contributed by atoms with Crippen LogP contribution in [0, 0.1) is 5.41 Å². The third-order valence-corrected chi connectivity index (χ3v) is 4.17. The fourth-order valence-electron chi connectivity index (χ4n) is 2.69. The summed E-state index contributed by atoms with van der Waals surface area (Å²) in [6, 6.07) is 9.27. The number of rotatable bonds is 4. The molecule has 0 heterocycles. The summed E-state index contributed by atoms with van der Waals surface area (Å²) >= 11 is 0. The number of carbonyl (C=O) groups is 1. The van der Waals surface area contributed by atoms with Crippen molar-refractivity contribution in [1.29, 1.82) is 0 Å². The van der Waals surface area contributed by atoms with Crippen LogP contribution in [0.2, 0.25) is 0 Å². The number of ether oxygens (including phenoxy) is 1. The van der Waals surface area contributed by atoms with Crippen molar-refractivity contribution < 1.29 is 9.53 Å². The average molecular weight is 275 g/mol. The van der Waals surface area contributed by atoms with E-state index in [1.165, 1.54) is 0 Å². The first-order chi connectivity index (χ1) is 9.46. The van der Waals surface area contributed by atoms with E-state index in [9.17, 15) is 4.79 Å². The molecule has 0 bridgehead atoms. The molecule has 1 saturated carbocycles. The van der Waals surface area contributed by atoms with E-state index >= 15 is 0 Å². The van der Waals surface area contributed by atoms with E-state index in [0.717, 1.165) is 31.2 Å². The first-order valence-corrected chi connectivity index (χ1v) is 7.46. The molecule has 0 spiro atoms. The van der Waals surface area contributed by atoms with E-state index in [2.05, 4.69) is 13.8 Å². The van der Waals surface area contributed by atoms with Gasteiger partial charge in [0.15, 0.2) is 0 Å². The molecular weight excluding hydrogens is 250 g/mol. The van der Waals surface area contributed by atoms with Crippen LogP contribution in [0.4, 0.5) is 0 Å². The number of esters is 1. The van der Waals surface area contributed by atoms with Crippen molar-refractivity contribution in [2.24, 2.45) is 11.1 Å². The molecule has 0 radical (unpaired) electrons. The van der Waals surface area contributed by atoms with Crippen molar-refractivity contribution in [2.45, 2.75) is 58.1 Å². The van der Waals surface area contributed by atoms with Gasteiger partial charge in [0.25, 0.3) is 0 Å². The molecule has 20 heavy (non-hydrogen) atoms. The van der Waals surface area contributed by atoms with Crippen molar-refractivity contribution in [3.63, 3.8) is 0 Å². The van der Waals surface area contributed by atoms with Gasteiger partial charge in [-0.25, -0.2) is 0 Å². The lowest BCUT2D eigenvalue weighted by Gasteiger charge is -2.34. The molecule has 0 aliphatic heterocycles. The lowest BCUT2D eigenvalue weighted by molar-refractivity contribution is -0.153. The van der Waals surface area contributed by atoms with Gasteiger partial charge in [-0.3, -0.25) is 4.79 Å². The smallest absolute Gasteiger partial charge is 0.323 e. The van der Waals surface area contributed by atoms with Gasteiger partial charge in [0.05, 0.1) is 0 Å². The van der Waals surface area contributed by atoms with Crippen LogP contribution in [-0.2, 0) is 16.0 Å². The van der Waals surface area contributed by atoms with Crippen LogP contribution in [0.1, 0.15) is 45.1 Å². The van der Waals surface area contributed by atoms with E-state index in [4.69, 9.17) is 10.5 Å². The highest BCUT2D eigenvalue weighted by atomic mass is 16.5. The summed E-state index contributed by atoms with van der Waals surface area (Å²) < 4.78 is 5.55. The summed E-state index contributed by atoms with van der Waals surface area (Å²) in [5, 5.41) is 0. The molecule has 1 fully saturated rings. The molecule has 1 aliphatic carbocycles. The Morgan fingerprint density at radius 3 is 2.50 bits per heavy atom. The van der Waals surface area contributed by atoms with E-state index in [-0.39, 0.29) is 12.1 Å². The maximum Gasteiger partial charge on any atom is 0.323 e. The van der Waals surface area contributed by atoms with Gasteiger partial charge < -0.3 is 10.5 Å². The molecule has 1 aliphatic rings. The summed E-state index contributed by atoms with van der Waals surface area (Å²) in [5.74, 6) is -0.265. The molecule has 1 aromatic rings. The van der Waals surface area contributed by atoms with Crippen molar-refractivity contribution >= 4 is 5.97 Å². The zero-order chi connectivity index (χ0) is 14.6. The first-order valence-electron chi connectivity index (χ1n) is 7.46. The standard InChI is InChI=1S/C17H25NO2/c1-17(2)10-8-14(9-11-17)20-16(19)15(18)12-13-6-4-3-5-7-13/h3-7,14-15H,8-12,18H2,1-2H3/t15-/m1/s1. The molecule has 3 nitrogen and oxygen atoms in total. The van der Waals surface area contributed by atoms with Crippen LogP contribution in [0.25, 0.3) is 0 Å². The molecule has 3 heteroatoms. The van der Waals surface area contributed by atoms with Crippen molar-refractivity contribution in [3.05, 3.63) is 35.9 Å². The lowest BCUT2D eigenvalue weighted by Crippen LogP contribution is -2.38. The van der Waals surface area contributed by atoms with Gasteiger partial charge in [0.1, 0.15) is 12.1 Å². The topological polar surface area (TPSA) is 52.3 Å². The Kier molecular flexibility index (Phi) is 4.81. The van der Waals surface area contributed by atoms with Crippen LogP contribution >= 0.6 is 0 Å². The monoisotopic (exact) mass is 275 g/mol. The highest BCUT2D eigenvalue weighted by Crippen LogP contribution is 2.36. The predicted molar refractivity (Wildman–Crippen MR) is 80.3 cm³/mol. The number of hydrogen-bond acceptors (Lipinski definition) is 3. The third kappa shape index (κ3) is 4.34. The summed E-state index contributed by atoms with van der Waals surface area (Å²) in [6.45, 7) is 4.54. The van der Waals surface area contributed by atoms with Gasteiger partial charge in [-0.2, -0.15) is 0 Å². The van der Waals surface area contributed by atoms with Crippen LogP contribution in [0.15, 0.2) is 30.3 Å². The average Bonchev–Trinajstić information content (AvgIpc) is 2.42. The van der Waals surface area contributed by atoms with E-state index in [0.29, 0.717) is 11.8 Å². The van der Waals surface area contributed by atoms with Gasteiger partial charge in [-0.05, 0) is 43.1 Å². The maximum atomic E-state index is 12.0. The Morgan fingerprint density at radius 1 is 1.30 bits per heavy atom. The molecule has 0 unspecified atom stereocenters. The highest BCUT2D eigenvalue weighted by molar-refractivity contribution is 5.76. The van der Waals surface area contributed by atoms with Crippen molar-refractivity contribution in [2.75, 3.05) is 0 Å². The summed E-state index contributed by atoms with van der Waals surface area (Å²) in [5.41, 5.74) is 7.40. The molecule has 0 amide bonds. The van der Waals surface area contributed by atoms with Crippen molar-refractivity contribution in [1.82, 2.24) is 0 Å². The molecule has 2 rings (SSSR count). The van der Waals surface area contributed by atoms with Crippen LogP contribution in [0.5, 0.6) is 0 Å². The lowest BCUT2D eigenvalue weighted by atomic mass is 9.76. The molecular formula is C17H25NO2. The maximum absolute atomic E-state index is 12.0. The first kappa shape index (κ1) is 15.0. The summed E-state index contributed by atoms with van der Waals surface area (Å²) in [4.78, 5) is 12.0. The number of carbonyl (C=O) groups excluding carboxylic acids is 1. The molecule has 0 saturated heterocycles. The van der Waals surface area contributed by atoms with Gasteiger partial charge >= 0.3 is 5.97 Å². The van der Waals surface area contributed by atoms with E-state index < -0.39 is 6.04 Å². The van der Waals surface area contributed by atoms with E-state index in [1.807, 2.05) is 30.3 Å². The number of hydrogen-bond donors (Lipinski definition) is 1. The SMILES string of the molecule is CC1(C)CCC(OC(=O)[C@H](N)Cc2ccccc2)CC1. The van der Waals surface area contributed by atoms with Gasteiger partial charge in [0.2, 0.25) is 0 Å². The fraction of sp³-hybridized carbons (Fsp3) is 0.588.